The lowest BCUT2D eigenvalue weighted by Crippen LogP contribution is -2.32. The molecule has 178 valence electrons. The van der Waals surface area contributed by atoms with Gasteiger partial charge < -0.3 is 4.74 Å². The third-order valence-corrected chi connectivity index (χ3v) is 6.31. The van der Waals surface area contributed by atoms with E-state index in [0.717, 1.165) is 0 Å². The summed E-state index contributed by atoms with van der Waals surface area (Å²) in [5.41, 5.74) is 0.181. The van der Waals surface area contributed by atoms with Crippen LogP contribution in [0.4, 0.5) is 8.78 Å². The summed E-state index contributed by atoms with van der Waals surface area (Å²) >= 11 is 3.34. The molecule has 10 heteroatoms. The van der Waals surface area contributed by atoms with Gasteiger partial charge in [0.05, 0.1) is 29.4 Å². The van der Waals surface area contributed by atoms with E-state index in [-0.39, 0.29) is 16.9 Å². The Morgan fingerprint density at radius 2 is 1.85 bits per heavy atom. The minimum Gasteiger partial charge on any atom is -0.460 e. The first kappa shape index (κ1) is 25.8. The third kappa shape index (κ3) is 5.65. The van der Waals surface area contributed by atoms with Crippen LogP contribution >= 0.6 is 27.7 Å². The fraction of sp³-hybridized carbons (Fsp3) is 0.333. The van der Waals surface area contributed by atoms with Crippen molar-refractivity contribution in [2.24, 2.45) is 5.92 Å². The molecule has 0 aliphatic rings. The Hall–Kier alpha value is -2.77. The summed E-state index contributed by atoms with van der Waals surface area (Å²) in [6.07, 6.45) is 0.690. The largest absolute Gasteiger partial charge is 0.460 e. The molecule has 0 fully saturated rings. The molecule has 3 aromatic rings. The number of benzene rings is 2. The second-order valence-corrected chi connectivity index (χ2v) is 10.6. The first-order chi connectivity index (χ1) is 15.8. The Bertz CT molecular complexity index is 1290. The number of Topliss-reactive ketones (excluding diaryl/α,β-unsaturated/α-hetero) is 1. The summed E-state index contributed by atoms with van der Waals surface area (Å²) in [5, 5.41) is 6.77. The predicted molar refractivity (Wildman–Crippen MR) is 129 cm³/mol. The Labute approximate surface area is 208 Å². The van der Waals surface area contributed by atoms with Gasteiger partial charge in [0, 0.05) is 17.2 Å². The maximum atomic E-state index is 15.0. The zero-order valence-corrected chi connectivity index (χ0v) is 21.3. The van der Waals surface area contributed by atoms with Crippen molar-refractivity contribution in [1.82, 2.24) is 9.55 Å². The molecule has 1 atom stereocenters. The molecular weight excluding hydrogens is 528 g/mol. The van der Waals surface area contributed by atoms with Crippen molar-refractivity contribution >= 4 is 50.2 Å². The number of esters is 1. The maximum Gasteiger partial charge on any atom is 0.358 e. The highest BCUT2D eigenvalue weighted by Crippen LogP contribution is 2.40. The summed E-state index contributed by atoms with van der Waals surface area (Å²) in [6, 6.07) is 12.5. The Kier molecular flexibility index (Phi) is 7.48. The lowest BCUT2D eigenvalue weighted by atomic mass is 10.0. The van der Waals surface area contributed by atoms with Gasteiger partial charge in [-0.3, -0.25) is 14.2 Å². The molecule has 0 bridgehead atoms. The van der Waals surface area contributed by atoms with Crippen LogP contribution in [0.25, 0.3) is 16.5 Å². The number of ketones is 1. The molecule has 0 aliphatic carbocycles. The number of nitriles is 1. The number of thioether (sulfide) groups is 1. The molecule has 0 saturated heterocycles. The number of imidazole rings is 1. The van der Waals surface area contributed by atoms with Crippen molar-refractivity contribution in [3.8, 4) is 11.8 Å². The molecule has 6 nitrogen and oxygen atoms in total. The van der Waals surface area contributed by atoms with Crippen molar-refractivity contribution in [3.63, 3.8) is 0 Å². The normalized spacial score (nSPS) is 12.9. The van der Waals surface area contributed by atoms with Gasteiger partial charge in [0.1, 0.15) is 10.2 Å². The van der Waals surface area contributed by atoms with Crippen LogP contribution in [0.5, 0.6) is 0 Å². The molecule has 0 spiro atoms. The van der Waals surface area contributed by atoms with Crippen molar-refractivity contribution < 1.29 is 23.1 Å². The quantitative estimate of drug-likeness (QED) is 0.254. The number of hydrogen-bond donors (Lipinski definition) is 0. The number of hydrogen-bond acceptors (Lipinski definition) is 6. The SMILES string of the molecule is C[C@H](CC(=O)C(F)(F)Sc1ncc(Br)n1-c1ccc(C#N)c2ccccc12)C(=O)OC(C)(C)C. The van der Waals surface area contributed by atoms with E-state index in [4.69, 9.17) is 4.74 Å². The van der Waals surface area contributed by atoms with E-state index in [1.807, 2.05) is 0 Å². The predicted octanol–water partition coefficient (Wildman–Crippen LogP) is 6.28. The molecule has 0 N–H and O–H groups in total. The standard InChI is InChI=1S/C24H22BrF2N3O3S/c1-14(21(32)33-23(2,3)4)11-19(31)24(26,27)34-22-29-13-20(25)30(22)18-10-9-15(12-28)16-7-5-6-8-17(16)18/h5-10,13-14H,11H2,1-4H3/t14-/m1/s1. The summed E-state index contributed by atoms with van der Waals surface area (Å²) in [5.74, 6) is -3.13. The zero-order valence-electron chi connectivity index (χ0n) is 18.9. The second kappa shape index (κ2) is 9.84. The molecule has 1 aromatic heterocycles. The van der Waals surface area contributed by atoms with E-state index in [2.05, 4.69) is 27.0 Å². The van der Waals surface area contributed by atoms with Crippen molar-refractivity contribution in [2.45, 2.75) is 50.1 Å². The number of halogens is 3. The molecule has 3 rings (SSSR count). The Morgan fingerprint density at radius 1 is 1.21 bits per heavy atom. The lowest BCUT2D eigenvalue weighted by molar-refractivity contribution is -0.161. The number of fused-ring (bicyclic) bond motifs is 1. The van der Waals surface area contributed by atoms with E-state index in [1.54, 1.807) is 57.2 Å². The molecule has 2 aromatic carbocycles. The zero-order chi connectivity index (χ0) is 25.3. The minimum atomic E-state index is -3.83. The van der Waals surface area contributed by atoms with Crippen molar-refractivity contribution in [3.05, 3.63) is 52.8 Å². The van der Waals surface area contributed by atoms with Gasteiger partial charge in [-0.15, -0.1) is 0 Å². The van der Waals surface area contributed by atoms with Crippen LogP contribution in [-0.4, -0.2) is 32.2 Å². The number of carbonyl (C=O) groups is 2. The topological polar surface area (TPSA) is 85.0 Å². The van der Waals surface area contributed by atoms with Gasteiger partial charge in [-0.05, 0) is 60.6 Å². The van der Waals surface area contributed by atoms with Gasteiger partial charge in [-0.1, -0.05) is 31.2 Å². The number of nitrogens with zero attached hydrogens (tertiary/aromatic N) is 3. The van der Waals surface area contributed by atoms with Crippen LogP contribution in [0.1, 0.15) is 39.7 Å². The van der Waals surface area contributed by atoms with Gasteiger partial charge in [0.25, 0.3) is 0 Å². The van der Waals surface area contributed by atoms with Crippen molar-refractivity contribution in [1.29, 1.82) is 5.26 Å². The average molecular weight is 550 g/mol. The van der Waals surface area contributed by atoms with Gasteiger partial charge in [-0.2, -0.15) is 14.0 Å². The molecule has 0 saturated carbocycles. The Balaban J connectivity index is 1.90. The maximum absolute atomic E-state index is 15.0. The van der Waals surface area contributed by atoms with Crippen LogP contribution in [-0.2, 0) is 14.3 Å². The molecule has 0 radical (unpaired) electrons. The summed E-state index contributed by atoms with van der Waals surface area (Å²) in [4.78, 5) is 28.6. The van der Waals surface area contributed by atoms with E-state index in [9.17, 15) is 23.6 Å². The van der Waals surface area contributed by atoms with Crippen LogP contribution in [0, 0.1) is 17.2 Å². The van der Waals surface area contributed by atoms with E-state index < -0.39 is 34.9 Å². The van der Waals surface area contributed by atoms with E-state index >= 15 is 0 Å². The molecule has 1 heterocycles. The second-order valence-electron chi connectivity index (χ2n) is 8.67. The molecule has 0 unspecified atom stereocenters. The van der Waals surface area contributed by atoms with Gasteiger partial charge in [-0.25, -0.2) is 4.98 Å². The van der Waals surface area contributed by atoms with E-state index in [1.165, 1.54) is 17.7 Å². The van der Waals surface area contributed by atoms with Crippen LogP contribution in [0.3, 0.4) is 0 Å². The first-order valence-corrected chi connectivity index (χ1v) is 11.9. The smallest absolute Gasteiger partial charge is 0.358 e. The highest BCUT2D eigenvalue weighted by molar-refractivity contribution is 9.10. The molecule has 34 heavy (non-hydrogen) atoms. The van der Waals surface area contributed by atoms with Crippen LogP contribution < -0.4 is 0 Å². The molecule has 0 amide bonds. The number of aromatic nitrogens is 2. The van der Waals surface area contributed by atoms with Crippen molar-refractivity contribution in [2.75, 3.05) is 0 Å². The summed E-state index contributed by atoms with van der Waals surface area (Å²) in [7, 11) is 0. The lowest BCUT2D eigenvalue weighted by Gasteiger charge is -2.23. The Morgan fingerprint density at radius 3 is 2.47 bits per heavy atom. The van der Waals surface area contributed by atoms with Gasteiger partial charge in [0.15, 0.2) is 5.16 Å². The number of alkyl halides is 2. The number of rotatable bonds is 7. The van der Waals surface area contributed by atoms with Gasteiger partial charge >= 0.3 is 11.2 Å². The van der Waals surface area contributed by atoms with Crippen LogP contribution in [0.2, 0.25) is 0 Å². The number of carbonyl (C=O) groups excluding carboxylic acids is 2. The molecule has 0 aliphatic heterocycles. The summed E-state index contributed by atoms with van der Waals surface area (Å²) < 4.78 is 36.9. The monoisotopic (exact) mass is 549 g/mol. The highest BCUT2D eigenvalue weighted by atomic mass is 79.9. The van der Waals surface area contributed by atoms with Gasteiger partial charge in [0.2, 0.25) is 5.78 Å². The van der Waals surface area contributed by atoms with E-state index in [0.29, 0.717) is 26.6 Å². The first-order valence-electron chi connectivity index (χ1n) is 10.3. The highest BCUT2D eigenvalue weighted by Gasteiger charge is 2.43. The average Bonchev–Trinajstić information content (AvgIpc) is 3.10. The minimum absolute atomic E-state index is 0.00349. The summed E-state index contributed by atoms with van der Waals surface area (Å²) in [6.45, 7) is 6.37. The third-order valence-electron chi connectivity index (χ3n) is 4.79. The fourth-order valence-electron chi connectivity index (χ4n) is 3.24. The number of ether oxygens (including phenoxy) is 1. The molecular formula is C24H22BrF2N3O3S. The fourth-order valence-corrected chi connectivity index (χ4v) is 4.63. The van der Waals surface area contributed by atoms with Crippen LogP contribution in [0.15, 0.2) is 52.4 Å².